The molecule has 0 radical (unpaired) electrons. The van der Waals surface area contributed by atoms with Crippen LogP contribution in [0.4, 0.5) is 0 Å². The van der Waals surface area contributed by atoms with E-state index in [2.05, 4.69) is 0 Å². The summed E-state index contributed by atoms with van der Waals surface area (Å²) in [7, 11) is 0. The quantitative estimate of drug-likeness (QED) is 0.308. The number of hydrogen-bond acceptors (Lipinski definition) is 4. The highest BCUT2D eigenvalue weighted by molar-refractivity contribution is 5.95. The Bertz CT molecular complexity index is 1130. The Labute approximate surface area is 149 Å². The fraction of sp³-hybridized carbons (Fsp3) is 0. The van der Waals surface area contributed by atoms with Gasteiger partial charge < -0.3 is 9.15 Å². The molecule has 0 saturated heterocycles. The lowest BCUT2D eigenvalue weighted by atomic mass is 10.0. The van der Waals surface area contributed by atoms with Crippen LogP contribution in [0.5, 0.6) is 5.75 Å². The molecule has 3 aromatic carbocycles. The molecular weight excluding hydrogens is 328 g/mol. The van der Waals surface area contributed by atoms with Crippen molar-refractivity contribution in [1.82, 2.24) is 0 Å². The van der Waals surface area contributed by atoms with Crippen molar-refractivity contribution in [3.8, 4) is 16.9 Å². The summed E-state index contributed by atoms with van der Waals surface area (Å²) in [6.45, 7) is 0. The molecule has 4 heteroatoms. The second kappa shape index (κ2) is 6.69. The lowest BCUT2D eigenvalue weighted by Gasteiger charge is -2.08. The van der Waals surface area contributed by atoms with Gasteiger partial charge in [-0.1, -0.05) is 48.5 Å². The highest BCUT2D eigenvalue weighted by Gasteiger charge is 2.12. The van der Waals surface area contributed by atoms with Crippen molar-refractivity contribution >= 4 is 16.9 Å². The Balaban J connectivity index is 1.74. The van der Waals surface area contributed by atoms with Crippen molar-refractivity contribution in [2.45, 2.75) is 0 Å². The number of rotatable bonds is 3. The van der Waals surface area contributed by atoms with Gasteiger partial charge >= 0.3 is 11.6 Å². The maximum Gasteiger partial charge on any atom is 0.343 e. The SMILES string of the molecule is O=C(Oc1ccc2c(-c3ccccc3)cc(=O)oc2c1)c1ccccc1. The van der Waals surface area contributed by atoms with Gasteiger partial charge in [-0.25, -0.2) is 9.59 Å². The highest BCUT2D eigenvalue weighted by atomic mass is 16.5. The Morgan fingerprint density at radius 2 is 1.50 bits per heavy atom. The second-order valence-electron chi connectivity index (χ2n) is 5.76. The van der Waals surface area contributed by atoms with Crippen molar-refractivity contribution in [3.05, 3.63) is 101 Å². The monoisotopic (exact) mass is 342 g/mol. The number of carbonyl (C=O) groups excluding carboxylic acids is 1. The molecule has 0 fully saturated rings. The first-order chi connectivity index (χ1) is 12.7. The normalized spacial score (nSPS) is 10.6. The van der Waals surface area contributed by atoms with Crippen LogP contribution in [0.2, 0.25) is 0 Å². The van der Waals surface area contributed by atoms with Gasteiger partial charge in [-0.3, -0.25) is 0 Å². The highest BCUT2D eigenvalue weighted by Crippen LogP contribution is 2.29. The fourth-order valence-electron chi connectivity index (χ4n) is 2.80. The summed E-state index contributed by atoms with van der Waals surface area (Å²) in [4.78, 5) is 24.1. The smallest absolute Gasteiger partial charge is 0.343 e. The topological polar surface area (TPSA) is 56.5 Å². The Hall–Kier alpha value is -3.66. The van der Waals surface area contributed by atoms with Gasteiger partial charge in [0.25, 0.3) is 0 Å². The van der Waals surface area contributed by atoms with E-state index in [-0.39, 0.29) is 0 Å². The third-order valence-electron chi connectivity index (χ3n) is 4.02. The largest absolute Gasteiger partial charge is 0.423 e. The van der Waals surface area contributed by atoms with Gasteiger partial charge in [0.05, 0.1) is 5.56 Å². The van der Waals surface area contributed by atoms with Crippen LogP contribution >= 0.6 is 0 Å². The van der Waals surface area contributed by atoms with E-state index in [1.165, 1.54) is 6.07 Å². The summed E-state index contributed by atoms with van der Waals surface area (Å²) < 4.78 is 10.7. The zero-order valence-corrected chi connectivity index (χ0v) is 13.7. The lowest BCUT2D eigenvalue weighted by molar-refractivity contribution is 0.0735. The van der Waals surface area contributed by atoms with Crippen LogP contribution in [-0.2, 0) is 0 Å². The minimum atomic E-state index is -0.466. The van der Waals surface area contributed by atoms with E-state index >= 15 is 0 Å². The van der Waals surface area contributed by atoms with Crippen LogP contribution in [-0.4, -0.2) is 5.97 Å². The molecule has 1 aromatic heterocycles. The molecule has 0 bridgehead atoms. The van der Waals surface area contributed by atoms with Crippen LogP contribution in [0.25, 0.3) is 22.1 Å². The van der Waals surface area contributed by atoms with E-state index in [1.54, 1.807) is 42.5 Å². The summed E-state index contributed by atoms with van der Waals surface area (Å²) >= 11 is 0. The molecule has 0 unspecified atom stereocenters. The molecule has 26 heavy (non-hydrogen) atoms. The number of hydrogen-bond donors (Lipinski definition) is 0. The van der Waals surface area contributed by atoms with Gasteiger partial charge in [-0.15, -0.1) is 0 Å². The lowest BCUT2D eigenvalue weighted by Crippen LogP contribution is -2.08. The second-order valence-corrected chi connectivity index (χ2v) is 5.76. The number of esters is 1. The molecule has 4 nitrogen and oxygen atoms in total. The summed E-state index contributed by atoms with van der Waals surface area (Å²) in [5.41, 5.74) is 2.06. The third-order valence-corrected chi connectivity index (χ3v) is 4.02. The van der Waals surface area contributed by atoms with Crippen molar-refractivity contribution in [2.24, 2.45) is 0 Å². The Kier molecular flexibility index (Phi) is 4.07. The minimum Gasteiger partial charge on any atom is -0.423 e. The molecule has 0 aliphatic carbocycles. The number of benzene rings is 3. The number of ether oxygens (including phenoxy) is 1. The van der Waals surface area contributed by atoms with E-state index in [0.29, 0.717) is 16.9 Å². The van der Waals surface area contributed by atoms with Crippen molar-refractivity contribution in [3.63, 3.8) is 0 Å². The molecule has 126 valence electrons. The maximum absolute atomic E-state index is 12.2. The molecule has 0 aliphatic heterocycles. The molecule has 0 saturated carbocycles. The first-order valence-corrected chi connectivity index (χ1v) is 8.11. The molecule has 0 atom stereocenters. The molecule has 0 aliphatic rings. The summed E-state index contributed by atoms with van der Waals surface area (Å²) in [5, 5.41) is 0.773. The van der Waals surface area contributed by atoms with E-state index in [4.69, 9.17) is 9.15 Å². The van der Waals surface area contributed by atoms with Gasteiger partial charge in [0.2, 0.25) is 0 Å². The van der Waals surface area contributed by atoms with E-state index in [9.17, 15) is 9.59 Å². The Morgan fingerprint density at radius 1 is 0.808 bits per heavy atom. The van der Waals surface area contributed by atoms with Crippen LogP contribution in [0.1, 0.15) is 10.4 Å². The maximum atomic E-state index is 12.2. The van der Waals surface area contributed by atoms with Gasteiger partial charge in [0, 0.05) is 17.5 Å². The summed E-state index contributed by atoms with van der Waals surface area (Å²) in [5.74, 6) is -0.147. The predicted molar refractivity (Wildman–Crippen MR) is 99.3 cm³/mol. The van der Waals surface area contributed by atoms with E-state index in [0.717, 1.165) is 16.5 Å². The van der Waals surface area contributed by atoms with Crippen LogP contribution < -0.4 is 10.4 Å². The van der Waals surface area contributed by atoms with Gasteiger partial charge in [-0.05, 0) is 35.4 Å². The zero-order chi connectivity index (χ0) is 17.9. The van der Waals surface area contributed by atoms with Gasteiger partial charge in [0.15, 0.2) is 0 Å². The standard InChI is InChI=1S/C22H14O4/c23-21-14-19(15-7-3-1-4-8-15)18-12-11-17(13-20(18)26-21)25-22(24)16-9-5-2-6-10-16/h1-14H. The molecule has 0 amide bonds. The minimum absolute atomic E-state index is 0.319. The first kappa shape index (κ1) is 15.8. The molecular formula is C22H14O4. The van der Waals surface area contributed by atoms with Gasteiger partial charge in [0.1, 0.15) is 11.3 Å². The Morgan fingerprint density at radius 3 is 2.23 bits per heavy atom. The predicted octanol–water partition coefficient (Wildman–Crippen LogP) is 4.68. The molecule has 1 heterocycles. The molecule has 0 N–H and O–H groups in total. The number of fused-ring (bicyclic) bond motifs is 1. The van der Waals surface area contributed by atoms with Crippen LogP contribution in [0, 0.1) is 0 Å². The average molecular weight is 342 g/mol. The summed E-state index contributed by atoms with van der Waals surface area (Å²) in [6.07, 6.45) is 0. The van der Waals surface area contributed by atoms with Crippen LogP contribution in [0.15, 0.2) is 94.1 Å². The number of carbonyl (C=O) groups is 1. The van der Waals surface area contributed by atoms with Crippen molar-refractivity contribution < 1.29 is 13.9 Å². The average Bonchev–Trinajstić information content (AvgIpc) is 2.68. The van der Waals surface area contributed by atoms with Crippen molar-refractivity contribution in [1.29, 1.82) is 0 Å². The first-order valence-electron chi connectivity index (χ1n) is 8.11. The zero-order valence-electron chi connectivity index (χ0n) is 13.7. The fourth-order valence-corrected chi connectivity index (χ4v) is 2.80. The molecule has 4 rings (SSSR count). The van der Waals surface area contributed by atoms with E-state index in [1.807, 2.05) is 36.4 Å². The molecule has 4 aromatic rings. The van der Waals surface area contributed by atoms with E-state index < -0.39 is 11.6 Å². The summed E-state index contributed by atoms with van der Waals surface area (Å²) in [6, 6.07) is 24.8. The third kappa shape index (κ3) is 3.13. The van der Waals surface area contributed by atoms with Crippen LogP contribution in [0.3, 0.4) is 0 Å². The van der Waals surface area contributed by atoms with Gasteiger partial charge in [-0.2, -0.15) is 0 Å². The molecule has 0 spiro atoms. The van der Waals surface area contributed by atoms with Crippen molar-refractivity contribution in [2.75, 3.05) is 0 Å².